The van der Waals surface area contributed by atoms with Crippen LogP contribution in [0, 0.1) is 6.92 Å². The van der Waals surface area contributed by atoms with Gasteiger partial charge in [0.2, 0.25) is 10.0 Å². The lowest BCUT2D eigenvalue weighted by atomic mass is 10.1. The number of rotatable bonds is 7. The molecule has 0 fully saturated rings. The molecule has 0 spiro atoms. The standard InChI is InChI=1S/C16H22N4O3S/c1-4-13-10-16(20-11(2)19-13)18-8-7-12-5-6-14(23-3)15(9-12)24(17,21)22/h5-6,9-10H,4,7-8H2,1-3H3,(H2,17,21,22)(H,18,19,20). The van der Waals surface area contributed by atoms with Crippen LogP contribution in [0.4, 0.5) is 5.82 Å². The Hall–Kier alpha value is -2.19. The number of primary sulfonamides is 1. The van der Waals surface area contributed by atoms with Crippen LogP contribution in [0.5, 0.6) is 5.75 Å². The number of ether oxygens (including phenoxy) is 1. The Morgan fingerprint density at radius 2 is 2.00 bits per heavy atom. The average molecular weight is 350 g/mol. The summed E-state index contributed by atoms with van der Waals surface area (Å²) in [6.45, 7) is 4.50. The number of benzene rings is 1. The second kappa shape index (κ2) is 7.59. The van der Waals surface area contributed by atoms with Crippen molar-refractivity contribution in [2.75, 3.05) is 19.0 Å². The fourth-order valence-electron chi connectivity index (χ4n) is 2.34. The number of nitrogens with one attached hydrogen (secondary N) is 1. The van der Waals surface area contributed by atoms with Crippen molar-refractivity contribution < 1.29 is 13.2 Å². The topological polar surface area (TPSA) is 107 Å². The Morgan fingerprint density at radius 1 is 1.25 bits per heavy atom. The van der Waals surface area contributed by atoms with E-state index in [1.807, 2.05) is 26.0 Å². The molecule has 2 rings (SSSR count). The molecule has 0 unspecified atom stereocenters. The number of anilines is 1. The highest BCUT2D eigenvalue weighted by atomic mass is 32.2. The van der Waals surface area contributed by atoms with E-state index in [0.717, 1.165) is 29.3 Å². The molecular formula is C16H22N4O3S. The summed E-state index contributed by atoms with van der Waals surface area (Å²) in [5.74, 6) is 1.73. The largest absolute Gasteiger partial charge is 0.495 e. The maximum absolute atomic E-state index is 11.6. The van der Waals surface area contributed by atoms with E-state index in [-0.39, 0.29) is 10.6 Å². The van der Waals surface area contributed by atoms with E-state index in [0.29, 0.717) is 13.0 Å². The van der Waals surface area contributed by atoms with Crippen molar-refractivity contribution in [1.29, 1.82) is 0 Å². The maximum Gasteiger partial charge on any atom is 0.241 e. The van der Waals surface area contributed by atoms with E-state index >= 15 is 0 Å². The third kappa shape index (κ3) is 4.65. The second-order valence-electron chi connectivity index (χ2n) is 5.35. The lowest BCUT2D eigenvalue weighted by Crippen LogP contribution is -2.14. The van der Waals surface area contributed by atoms with Crippen LogP contribution in [-0.2, 0) is 22.9 Å². The number of aryl methyl sites for hydroxylation is 2. The van der Waals surface area contributed by atoms with Crippen LogP contribution < -0.4 is 15.2 Å². The molecule has 0 saturated heterocycles. The molecular weight excluding hydrogens is 328 g/mol. The summed E-state index contributed by atoms with van der Waals surface area (Å²) >= 11 is 0. The molecule has 0 aliphatic heterocycles. The van der Waals surface area contributed by atoms with Gasteiger partial charge in [0.25, 0.3) is 0 Å². The summed E-state index contributed by atoms with van der Waals surface area (Å²) in [7, 11) is -2.42. The summed E-state index contributed by atoms with van der Waals surface area (Å²) in [6.07, 6.45) is 1.46. The first-order chi connectivity index (χ1) is 11.3. The number of hydrogen-bond donors (Lipinski definition) is 2. The monoisotopic (exact) mass is 350 g/mol. The fourth-order valence-corrected chi connectivity index (χ4v) is 3.08. The van der Waals surface area contributed by atoms with Crippen LogP contribution in [0.3, 0.4) is 0 Å². The predicted octanol–water partition coefficient (Wildman–Crippen LogP) is 1.66. The van der Waals surface area contributed by atoms with E-state index in [9.17, 15) is 8.42 Å². The quantitative estimate of drug-likeness (QED) is 0.786. The van der Waals surface area contributed by atoms with Crippen molar-refractivity contribution in [2.45, 2.75) is 31.6 Å². The van der Waals surface area contributed by atoms with Gasteiger partial charge < -0.3 is 10.1 Å². The Morgan fingerprint density at radius 3 is 2.62 bits per heavy atom. The van der Waals surface area contributed by atoms with Gasteiger partial charge in [-0.2, -0.15) is 0 Å². The minimum Gasteiger partial charge on any atom is -0.495 e. The predicted molar refractivity (Wildman–Crippen MR) is 92.7 cm³/mol. The van der Waals surface area contributed by atoms with Gasteiger partial charge in [-0.3, -0.25) is 0 Å². The van der Waals surface area contributed by atoms with Crippen LogP contribution in [0.1, 0.15) is 24.0 Å². The van der Waals surface area contributed by atoms with Crippen LogP contribution in [0.2, 0.25) is 0 Å². The first-order valence-corrected chi connectivity index (χ1v) is 9.16. The van der Waals surface area contributed by atoms with Gasteiger partial charge in [0.15, 0.2) is 0 Å². The van der Waals surface area contributed by atoms with Crippen molar-refractivity contribution in [3.8, 4) is 5.75 Å². The van der Waals surface area contributed by atoms with Crippen molar-refractivity contribution in [2.24, 2.45) is 5.14 Å². The minimum atomic E-state index is -3.83. The molecule has 0 aliphatic carbocycles. The summed E-state index contributed by atoms with van der Waals surface area (Å²) < 4.78 is 28.3. The SMILES string of the molecule is CCc1cc(NCCc2ccc(OC)c(S(N)(=O)=O)c2)nc(C)n1. The highest BCUT2D eigenvalue weighted by molar-refractivity contribution is 7.89. The number of methoxy groups -OCH3 is 1. The first kappa shape index (κ1) is 18.2. The van der Waals surface area contributed by atoms with Crippen LogP contribution in [0.25, 0.3) is 0 Å². The Labute approximate surface area is 142 Å². The molecule has 2 aromatic rings. The lowest BCUT2D eigenvalue weighted by molar-refractivity contribution is 0.402. The number of nitrogens with two attached hydrogens (primary N) is 1. The third-order valence-corrected chi connectivity index (χ3v) is 4.44. The molecule has 24 heavy (non-hydrogen) atoms. The molecule has 130 valence electrons. The summed E-state index contributed by atoms with van der Waals surface area (Å²) in [5.41, 5.74) is 1.82. The minimum absolute atomic E-state index is 0.00588. The van der Waals surface area contributed by atoms with Gasteiger partial charge in [-0.15, -0.1) is 0 Å². The Balaban J connectivity index is 2.09. The molecule has 0 amide bonds. The first-order valence-electron chi connectivity index (χ1n) is 7.61. The van der Waals surface area contributed by atoms with E-state index in [4.69, 9.17) is 9.88 Å². The van der Waals surface area contributed by atoms with Crippen LogP contribution in [-0.4, -0.2) is 32.0 Å². The average Bonchev–Trinajstić information content (AvgIpc) is 2.53. The highest BCUT2D eigenvalue weighted by Gasteiger charge is 2.15. The molecule has 1 heterocycles. The van der Waals surface area contributed by atoms with E-state index in [1.54, 1.807) is 12.1 Å². The number of hydrogen-bond acceptors (Lipinski definition) is 6. The zero-order valence-electron chi connectivity index (χ0n) is 14.0. The number of aromatic nitrogens is 2. The van der Waals surface area contributed by atoms with Crippen LogP contribution >= 0.6 is 0 Å². The summed E-state index contributed by atoms with van der Waals surface area (Å²) in [5, 5.41) is 8.46. The van der Waals surface area contributed by atoms with Gasteiger partial charge >= 0.3 is 0 Å². The molecule has 0 aliphatic rings. The second-order valence-corrected chi connectivity index (χ2v) is 6.88. The summed E-state index contributed by atoms with van der Waals surface area (Å²) in [6, 6.07) is 6.88. The van der Waals surface area contributed by atoms with Crippen molar-refractivity contribution in [3.05, 3.63) is 41.3 Å². The number of nitrogens with zero attached hydrogens (tertiary/aromatic N) is 2. The highest BCUT2D eigenvalue weighted by Crippen LogP contribution is 2.24. The fraction of sp³-hybridized carbons (Fsp3) is 0.375. The molecule has 0 radical (unpaired) electrons. The van der Waals surface area contributed by atoms with Crippen molar-refractivity contribution in [3.63, 3.8) is 0 Å². The van der Waals surface area contributed by atoms with Crippen molar-refractivity contribution >= 4 is 15.8 Å². The molecule has 7 nitrogen and oxygen atoms in total. The Bertz CT molecular complexity index is 822. The molecule has 0 bridgehead atoms. The van der Waals surface area contributed by atoms with E-state index < -0.39 is 10.0 Å². The normalized spacial score (nSPS) is 11.3. The molecule has 8 heteroatoms. The Kier molecular flexibility index (Phi) is 5.74. The van der Waals surface area contributed by atoms with Gasteiger partial charge in [0.05, 0.1) is 7.11 Å². The molecule has 0 atom stereocenters. The van der Waals surface area contributed by atoms with Gasteiger partial charge in [-0.05, 0) is 37.5 Å². The lowest BCUT2D eigenvalue weighted by Gasteiger charge is -2.10. The number of sulfonamides is 1. The zero-order chi connectivity index (χ0) is 17.7. The molecule has 1 aromatic carbocycles. The summed E-state index contributed by atoms with van der Waals surface area (Å²) in [4.78, 5) is 8.66. The van der Waals surface area contributed by atoms with Crippen LogP contribution in [0.15, 0.2) is 29.2 Å². The van der Waals surface area contributed by atoms with Gasteiger partial charge in [0, 0.05) is 18.3 Å². The van der Waals surface area contributed by atoms with Gasteiger partial charge in [-0.25, -0.2) is 23.5 Å². The third-order valence-electron chi connectivity index (χ3n) is 3.51. The van der Waals surface area contributed by atoms with E-state index in [2.05, 4.69) is 15.3 Å². The molecule has 3 N–H and O–H groups in total. The molecule has 0 saturated carbocycles. The smallest absolute Gasteiger partial charge is 0.241 e. The zero-order valence-corrected chi connectivity index (χ0v) is 14.9. The maximum atomic E-state index is 11.6. The molecule has 1 aromatic heterocycles. The van der Waals surface area contributed by atoms with E-state index in [1.165, 1.54) is 7.11 Å². The van der Waals surface area contributed by atoms with Gasteiger partial charge in [-0.1, -0.05) is 13.0 Å². The van der Waals surface area contributed by atoms with Crippen molar-refractivity contribution in [1.82, 2.24) is 9.97 Å². The van der Waals surface area contributed by atoms with Gasteiger partial charge in [0.1, 0.15) is 22.3 Å².